The van der Waals surface area contributed by atoms with E-state index in [9.17, 15) is 4.79 Å². The highest BCUT2D eigenvalue weighted by Crippen LogP contribution is 2.40. The lowest BCUT2D eigenvalue weighted by molar-refractivity contribution is -0.120. The summed E-state index contributed by atoms with van der Waals surface area (Å²) in [7, 11) is 0. The Morgan fingerprint density at radius 1 is 1.50 bits per heavy atom. The van der Waals surface area contributed by atoms with E-state index in [4.69, 9.17) is 4.52 Å². The van der Waals surface area contributed by atoms with Crippen LogP contribution in [0.25, 0.3) is 0 Å². The second kappa shape index (κ2) is 5.36. The Morgan fingerprint density at radius 3 is 2.95 bits per heavy atom. The second-order valence-electron chi connectivity index (χ2n) is 5.19. The van der Waals surface area contributed by atoms with Gasteiger partial charge in [-0.2, -0.15) is 0 Å². The predicted octanol–water partition coefficient (Wildman–Crippen LogP) is 2.48. The van der Waals surface area contributed by atoms with Gasteiger partial charge in [-0.3, -0.25) is 4.79 Å². The average Bonchev–Trinajstić information content (AvgIpc) is 3.06. The molecular formula is C14H17N3O2S. The van der Waals surface area contributed by atoms with Crippen LogP contribution >= 0.6 is 11.3 Å². The summed E-state index contributed by atoms with van der Waals surface area (Å²) < 4.78 is 5.25. The fraction of sp³-hybridized carbons (Fsp3) is 0.500. The zero-order chi connectivity index (χ0) is 14.1. The van der Waals surface area contributed by atoms with Crippen molar-refractivity contribution in [3.63, 3.8) is 0 Å². The summed E-state index contributed by atoms with van der Waals surface area (Å²) >= 11 is 1.57. The Balaban J connectivity index is 1.52. The molecule has 1 aliphatic rings. The number of amides is 1. The largest absolute Gasteiger partial charge is 0.361 e. The number of aromatic nitrogens is 2. The fourth-order valence-electron chi connectivity index (χ4n) is 2.11. The molecule has 0 atom stereocenters. The van der Waals surface area contributed by atoms with Gasteiger partial charge in [0.1, 0.15) is 11.5 Å². The van der Waals surface area contributed by atoms with Crippen molar-refractivity contribution in [3.05, 3.63) is 33.1 Å². The van der Waals surface area contributed by atoms with Crippen LogP contribution in [0.5, 0.6) is 0 Å². The SMILES string of the molecule is Cc1nc(C)c(CC(=O)NCc2cc(C3CC3)on2)s1. The molecule has 3 rings (SSSR count). The van der Waals surface area contributed by atoms with E-state index >= 15 is 0 Å². The maximum atomic E-state index is 11.9. The topological polar surface area (TPSA) is 68.0 Å². The van der Waals surface area contributed by atoms with Crippen LogP contribution in [-0.4, -0.2) is 16.0 Å². The van der Waals surface area contributed by atoms with E-state index in [1.165, 1.54) is 12.8 Å². The summed E-state index contributed by atoms with van der Waals surface area (Å²) in [5.74, 6) is 1.49. The summed E-state index contributed by atoms with van der Waals surface area (Å²) in [6.07, 6.45) is 2.75. The van der Waals surface area contributed by atoms with Crippen LogP contribution in [0.15, 0.2) is 10.6 Å². The molecule has 2 aromatic rings. The van der Waals surface area contributed by atoms with Crippen molar-refractivity contribution in [2.75, 3.05) is 0 Å². The lowest BCUT2D eigenvalue weighted by atomic mass is 10.2. The Hall–Kier alpha value is -1.69. The molecule has 0 radical (unpaired) electrons. The molecule has 0 unspecified atom stereocenters. The van der Waals surface area contributed by atoms with E-state index in [0.717, 1.165) is 27.0 Å². The van der Waals surface area contributed by atoms with E-state index in [-0.39, 0.29) is 5.91 Å². The van der Waals surface area contributed by atoms with E-state index in [0.29, 0.717) is 18.9 Å². The molecule has 2 aromatic heterocycles. The number of carbonyl (C=O) groups is 1. The van der Waals surface area contributed by atoms with Gasteiger partial charge < -0.3 is 9.84 Å². The first-order valence-corrected chi connectivity index (χ1v) is 7.58. The van der Waals surface area contributed by atoms with Crippen LogP contribution in [-0.2, 0) is 17.8 Å². The molecule has 1 saturated carbocycles. The number of hydrogen-bond donors (Lipinski definition) is 1. The van der Waals surface area contributed by atoms with Crippen molar-refractivity contribution in [1.29, 1.82) is 0 Å². The molecular weight excluding hydrogens is 274 g/mol. The molecule has 20 heavy (non-hydrogen) atoms. The quantitative estimate of drug-likeness (QED) is 0.919. The zero-order valence-electron chi connectivity index (χ0n) is 11.6. The second-order valence-corrected chi connectivity index (χ2v) is 6.48. The molecule has 6 heteroatoms. The summed E-state index contributed by atoms with van der Waals surface area (Å²) in [6, 6.07) is 1.94. The third-order valence-corrected chi connectivity index (χ3v) is 4.42. The molecule has 0 aromatic carbocycles. The molecule has 1 aliphatic carbocycles. The van der Waals surface area contributed by atoms with Crippen molar-refractivity contribution in [2.24, 2.45) is 0 Å². The van der Waals surface area contributed by atoms with Crippen molar-refractivity contribution >= 4 is 17.2 Å². The van der Waals surface area contributed by atoms with E-state index in [1.54, 1.807) is 11.3 Å². The summed E-state index contributed by atoms with van der Waals surface area (Å²) in [5.41, 5.74) is 1.73. The highest BCUT2D eigenvalue weighted by Gasteiger charge is 2.27. The van der Waals surface area contributed by atoms with Crippen molar-refractivity contribution < 1.29 is 9.32 Å². The van der Waals surface area contributed by atoms with Crippen LogP contribution < -0.4 is 5.32 Å². The lowest BCUT2D eigenvalue weighted by Gasteiger charge is -2.01. The first-order chi connectivity index (χ1) is 9.61. The molecule has 5 nitrogen and oxygen atoms in total. The molecule has 0 aliphatic heterocycles. The minimum Gasteiger partial charge on any atom is -0.361 e. The normalized spacial score (nSPS) is 14.5. The van der Waals surface area contributed by atoms with Crippen LogP contribution in [0.1, 0.15) is 45.8 Å². The van der Waals surface area contributed by atoms with Gasteiger partial charge in [-0.1, -0.05) is 5.16 Å². The van der Waals surface area contributed by atoms with Gasteiger partial charge in [-0.05, 0) is 26.7 Å². The van der Waals surface area contributed by atoms with E-state index < -0.39 is 0 Å². The molecule has 0 bridgehead atoms. The van der Waals surface area contributed by atoms with Crippen LogP contribution in [0.4, 0.5) is 0 Å². The third kappa shape index (κ3) is 3.07. The zero-order valence-corrected chi connectivity index (χ0v) is 12.4. The summed E-state index contributed by atoms with van der Waals surface area (Å²) in [4.78, 5) is 17.3. The number of aryl methyl sites for hydroxylation is 2. The number of rotatable bonds is 5. The fourth-order valence-corrected chi connectivity index (χ4v) is 3.04. The molecule has 1 N–H and O–H groups in total. The lowest BCUT2D eigenvalue weighted by Crippen LogP contribution is -2.24. The summed E-state index contributed by atoms with van der Waals surface area (Å²) in [5, 5.41) is 7.85. The Bertz CT molecular complexity index is 628. The molecule has 0 saturated heterocycles. The Kier molecular flexibility index (Phi) is 3.56. The highest BCUT2D eigenvalue weighted by atomic mass is 32.1. The minimum atomic E-state index is -0.00674. The van der Waals surface area contributed by atoms with E-state index in [2.05, 4.69) is 15.5 Å². The number of hydrogen-bond acceptors (Lipinski definition) is 5. The van der Waals surface area contributed by atoms with Gasteiger partial charge in [0.05, 0.1) is 23.7 Å². The Labute approximate surface area is 121 Å². The predicted molar refractivity (Wildman–Crippen MR) is 75.6 cm³/mol. The van der Waals surface area contributed by atoms with Gasteiger partial charge in [0.25, 0.3) is 0 Å². The Morgan fingerprint density at radius 2 is 2.30 bits per heavy atom. The number of nitrogens with one attached hydrogen (secondary N) is 1. The van der Waals surface area contributed by atoms with Crippen LogP contribution in [0.2, 0.25) is 0 Å². The number of nitrogens with zero attached hydrogens (tertiary/aromatic N) is 2. The molecule has 0 spiro atoms. The molecule has 2 heterocycles. The minimum absolute atomic E-state index is 0.00674. The van der Waals surface area contributed by atoms with Crippen molar-refractivity contribution in [1.82, 2.24) is 15.5 Å². The van der Waals surface area contributed by atoms with Gasteiger partial charge in [-0.25, -0.2) is 4.98 Å². The van der Waals surface area contributed by atoms with Crippen molar-refractivity contribution in [2.45, 2.75) is 45.6 Å². The van der Waals surface area contributed by atoms with Gasteiger partial charge >= 0.3 is 0 Å². The van der Waals surface area contributed by atoms with E-state index in [1.807, 2.05) is 19.9 Å². The molecule has 1 fully saturated rings. The summed E-state index contributed by atoms with van der Waals surface area (Å²) in [6.45, 7) is 4.31. The monoisotopic (exact) mass is 291 g/mol. The van der Waals surface area contributed by atoms with Crippen molar-refractivity contribution in [3.8, 4) is 0 Å². The molecule has 106 valence electrons. The first kappa shape index (κ1) is 13.3. The molecule has 1 amide bonds. The van der Waals surface area contributed by atoms with Gasteiger partial charge in [0.15, 0.2) is 0 Å². The number of thiazole rings is 1. The first-order valence-electron chi connectivity index (χ1n) is 6.77. The van der Waals surface area contributed by atoms with Crippen LogP contribution in [0, 0.1) is 13.8 Å². The van der Waals surface area contributed by atoms with Crippen LogP contribution in [0.3, 0.4) is 0 Å². The standard InChI is InChI=1S/C14H17N3O2S/c1-8-13(20-9(2)16-8)6-14(18)15-7-11-5-12(19-17-11)10-3-4-10/h5,10H,3-4,6-7H2,1-2H3,(H,15,18). The van der Waals surface area contributed by atoms with Gasteiger partial charge in [-0.15, -0.1) is 11.3 Å². The number of carbonyl (C=O) groups excluding carboxylic acids is 1. The smallest absolute Gasteiger partial charge is 0.225 e. The maximum absolute atomic E-state index is 11.9. The van der Waals surface area contributed by atoms with Gasteiger partial charge in [0.2, 0.25) is 5.91 Å². The third-order valence-electron chi connectivity index (χ3n) is 3.34. The highest BCUT2D eigenvalue weighted by molar-refractivity contribution is 7.11. The van der Waals surface area contributed by atoms with Gasteiger partial charge in [0, 0.05) is 16.9 Å². The average molecular weight is 291 g/mol. The maximum Gasteiger partial charge on any atom is 0.225 e.